The summed E-state index contributed by atoms with van der Waals surface area (Å²) in [7, 11) is 0. The van der Waals surface area contributed by atoms with Crippen molar-refractivity contribution in [1.82, 2.24) is 4.90 Å². The van der Waals surface area contributed by atoms with Crippen LogP contribution in [0.2, 0.25) is 0 Å². The summed E-state index contributed by atoms with van der Waals surface area (Å²) in [6, 6.07) is 10.2. The maximum atomic E-state index is 11.4. The van der Waals surface area contributed by atoms with Gasteiger partial charge < -0.3 is 15.6 Å². The van der Waals surface area contributed by atoms with Crippen molar-refractivity contribution in [1.29, 1.82) is 5.26 Å². The van der Waals surface area contributed by atoms with E-state index in [2.05, 4.69) is 21.0 Å². The molecule has 216 valence electrons. The van der Waals surface area contributed by atoms with Gasteiger partial charge in [-0.05, 0) is 62.4 Å². The normalized spacial score (nSPS) is 16.8. The van der Waals surface area contributed by atoms with E-state index >= 15 is 0 Å². The van der Waals surface area contributed by atoms with Crippen molar-refractivity contribution in [2.24, 2.45) is 15.7 Å². The van der Waals surface area contributed by atoms with Crippen molar-refractivity contribution in [3.63, 3.8) is 0 Å². The van der Waals surface area contributed by atoms with Crippen LogP contribution < -0.4 is 5.73 Å². The Bertz CT molecular complexity index is 1280. The zero-order chi connectivity index (χ0) is 29.9. The Morgan fingerprint density at radius 2 is 2.00 bits per heavy atom. The summed E-state index contributed by atoms with van der Waals surface area (Å²) in [5, 5.41) is 18.4. The average molecular weight is 556 g/mol. The molecular formula is C33H41N5O3. The third kappa shape index (κ3) is 11.8. The zero-order valence-electron chi connectivity index (χ0n) is 24.2. The number of nitrogens with zero attached hydrogens (tertiary/aromatic N) is 4. The number of ether oxygens (including phenoxy) is 1. The first-order valence-corrected chi connectivity index (χ1v) is 13.7. The molecule has 1 aliphatic heterocycles. The summed E-state index contributed by atoms with van der Waals surface area (Å²) in [5.74, 6) is 0. The Morgan fingerprint density at radius 1 is 1.22 bits per heavy atom. The van der Waals surface area contributed by atoms with E-state index in [4.69, 9.17) is 15.6 Å². The van der Waals surface area contributed by atoms with Crippen molar-refractivity contribution in [3.8, 4) is 6.07 Å². The molecule has 0 unspecified atom stereocenters. The lowest BCUT2D eigenvalue weighted by molar-refractivity contribution is -0.104. The molecule has 0 spiro atoms. The number of aliphatic imine (C=N–C) groups is 2. The molecule has 1 aromatic carbocycles. The maximum Gasteiger partial charge on any atom is 0.144 e. The molecule has 3 N–H and O–H groups in total. The second kappa shape index (κ2) is 18.1. The number of carbonyl (C=O) groups is 1. The molecule has 1 fully saturated rings. The van der Waals surface area contributed by atoms with Gasteiger partial charge in [-0.2, -0.15) is 5.26 Å². The lowest BCUT2D eigenvalue weighted by Gasteiger charge is -2.26. The number of aldehydes is 1. The smallest absolute Gasteiger partial charge is 0.144 e. The molecule has 0 bridgehead atoms. The van der Waals surface area contributed by atoms with E-state index in [1.54, 1.807) is 12.4 Å². The highest BCUT2D eigenvalue weighted by molar-refractivity contribution is 5.99. The lowest BCUT2D eigenvalue weighted by Crippen LogP contribution is -2.36. The largest absolute Gasteiger partial charge is 0.514 e. The van der Waals surface area contributed by atoms with E-state index < -0.39 is 5.41 Å². The molecule has 1 saturated heterocycles. The first kappa shape index (κ1) is 32.9. The molecule has 41 heavy (non-hydrogen) atoms. The van der Waals surface area contributed by atoms with Crippen LogP contribution in [-0.4, -0.2) is 61.6 Å². The van der Waals surface area contributed by atoms with E-state index in [0.29, 0.717) is 17.6 Å². The van der Waals surface area contributed by atoms with Crippen LogP contribution in [0, 0.1) is 11.3 Å². The number of nitriles is 1. The number of aliphatic hydroxyl groups excluding tert-OH is 1. The van der Waals surface area contributed by atoms with Gasteiger partial charge in [0.2, 0.25) is 0 Å². The first-order chi connectivity index (χ1) is 19.8. The Morgan fingerprint density at radius 3 is 2.68 bits per heavy atom. The van der Waals surface area contributed by atoms with Crippen molar-refractivity contribution < 1.29 is 14.6 Å². The van der Waals surface area contributed by atoms with Crippen LogP contribution in [0.4, 0.5) is 0 Å². The fourth-order valence-corrected chi connectivity index (χ4v) is 3.98. The van der Waals surface area contributed by atoms with Crippen LogP contribution >= 0.6 is 0 Å². The highest BCUT2D eigenvalue weighted by Gasteiger charge is 2.19. The fourth-order valence-electron chi connectivity index (χ4n) is 3.98. The average Bonchev–Trinajstić information content (AvgIpc) is 2.99. The van der Waals surface area contributed by atoms with Crippen molar-refractivity contribution in [2.45, 2.75) is 39.0 Å². The number of unbranched alkanes of at least 4 members (excludes halogenated alkanes) is 1. The number of nitrogens with two attached hydrogens (primary N) is 1. The van der Waals surface area contributed by atoms with Crippen LogP contribution in [0.5, 0.6) is 0 Å². The zero-order valence-corrected chi connectivity index (χ0v) is 24.2. The number of aliphatic hydroxyl groups is 1. The summed E-state index contributed by atoms with van der Waals surface area (Å²) < 4.78 is 5.41. The van der Waals surface area contributed by atoms with E-state index in [1.807, 2.05) is 69.3 Å². The second-order valence-electron chi connectivity index (χ2n) is 9.97. The molecular weight excluding hydrogens is 514 g/mol. The minimum absolute atomic E-state index is 0.488. The summed E-state index contributed by atoms with van der Waals surface area (Å²) >= 11 is 0. The summed E-state index contributed by atoms with van der Waals surface area (Å²) in [6.07, 6.45) is 18.4. The fraction of sp³-hybridized carbons (Fsp3) is 0.333. The van der Waals surface area contributed by atoms with Crippen LogP contribution in [0.25, 0.3) is 6.08 Å². The van der Waals surface area contributed by atoms with Crippen molar-refractivity contribution >= 4 is 24.8 Å². The minimum Gasteiger partial charge on any atom is -0.514 e. The predicted octanol–water partition coefficient (Wildman–Crippen LogP) is 5.58. The van der Waals surface area contributed by atoms with E-state index in [0.717, 1.165) is 74.2 Å². The third-order valence-electron chi connectivity index (χ3n) is 6.52. The summed E-state index contributed by atoms with van der Waals surface area (Å²) in [6.45, 7) is 10.0. The van der Waals surface area contributed by atoms with Gasteiger partial charge in [0.25, 0.3) is 0 Å². The third-order valence-corrected chi connectivity index (χ3v) is 6.52. The van der Waals surface area contributed by atoms with Gasteiger partial charge in [0.1, 0.15) is 6.29 Å². The molecule has 8 nitrogen and oxygen atoms in total. The predicted molar refractivity (Wildman–Crippen MR) is 168 cm³/mol. The highest BCUT2D eigenvalue weighted by atomic mass is 16.5. The van der Waals surface area contributed by atoms with Gasteiger partial charge in [0.05, 0.1) is 42.9 Å². The monoisotopic (exact) mass is 555 g/mol. The molecule has 1 aromatic rings. The molecule has 2 rings (SSSR count). The topological polar surface area (TPSA) is 124 Å². The molecule has 0 aromatic heterocycles. The number of benzene rings is 1. The number of morpholine rings is 1. The minimum atomic E-state index is -0.576. The maximum absolute atomic E-state index is 11.4. The molecule has 0 amide bonds. The van der Waals surface area contributed by atoms with Crippen LogP contribution in [0.15, 0.2) is 99.6 Å². The van der Waals surface area contributed by atoms with Gasteiger partial charge in [-0.1, -0.05) is 48.6 Å². The van der Waals surface area contributed by atoms with Crippen LogP contribution in [0.1, 0.15) is 44.7 Å². The SMILES string of the molecule is CC(=C/C=C/c1cccc(C(C)(C)C#N)c1)/C(=C\C=O)N=CC(=CN)C(=C/CCCN1CCOCC1)/C=N/C=C/O. The van der Waals surface area contributed by atoms with Gasteiger partial charge in [-0.15, -0.1) is 0 Å². The van der Waals surface area contributed by atoms with Gasteiger partial charge in [0.15, 0.2) is 0 Å². The van der Waals surface area contributed by atoms with Crippen molar-refractivity contribution in [3.05, 3.63) is 101 Å². The van der Waals surface area contributed by atoms with Gasteiger partial charge in [0, 0.05) is 43.4 Å². The highest BCUT2D eigenvalue weighted by Crippen LogP contribution is 2.23. The number of allylic oxidation sites excluding steroid dienone is 7. The number of carbonyl (C=O) groups excluding carboxylic acids is 1. The Hall–Kier alpha value is -4.32. The number of rotatable bonds is 14. The molecule has 1 heterocycles. The molecule has 0 radical (unpaired) electrons. The van der Waals surface area contributed by atoms with Crippen LogP contribution in [-0.2, 0) is 14.9 Å². The molecule has 1 aliphatic rings. The molecule has 0 aliphatic carbocycles. The first-order valence-electron chi connectivity index (χ1n) is 13.7. The summed E-state index contributed by atoms with van der Waals surface area (Å²) in [5.41, 5.74) is 9.93. The van der Waals surface area contributed by atoms with E-state index in [-0.39, 0.29) is 0 Å². The van der Waals surface area contributed by atoms with E-state index in [9.17, 15) is 10.1 Å². The molecule has 0 atom stereocenters. The lowest BCUT2D eigenvalue weighted by atomic mass is 9.85. The molecule has 0 saturated carbocycles. The summed E-state index contributed by atoms with van der Waals surface area (Å²) in [4.78, 5) is 22.4. The second-order valence-corrected chi connectivity index (χ2v) is 9.97. The van der Waals surface area contributed by atoms with Crippen LogP contribution in [0.3, 0.4) is 0 Å². The van der Waals surface area contributed by atoms with Crippen molar-refractivity contribution in [2.75, 3.05) is 32.8 Å². The van der Waals surface area contributed by atoms with E-state index in [1.165, 1.54) is 18.5 Å². The van der Waals surface area contributed by atoms with Gasteiger partial charge >= 0.3 is 0 Å². The quantitative estimate of drug-likeness (QED) is 0.0771. The number of hydrogen-bond donors (Lipinski definition) is 2. The van der Waals surface area contributed by atoms with Gasteiger partial charge in [-0.25, -0.2) is 0 Å². The number of hydrogen-bond acceptors (Lipinski definition) is 8. The standard InChI is InChI=1S/C33H41N5O3/c1-27(8-6-9-28-10-7-12-31(22-28)33(2,3)26-35)32(13-18-39)37-25-30(23-34)29(24-36-14-19-40)11-4-5-15-38-16-20-41-21-17-38/h6-14,18-19,22-25,40H,4-5,15-17,20-21,34H2,1-3H3/b9-6+,19-14+,27-8-,29-11+,30-23?,32-13+,36-24+,37-25?. The Labute approximate surface area is 243 Å². The molecule has 8 heteroatoms. The van der Waals surface area contributed by atoms with Gasteiger partial charge in [-0.3, -0.25) is 19.7 Å². The Kier molecular flexibility index (Phi) is 14.5. The Balaban J connectivity index is 2.18.